The lowest BCUT2D eigenvalue weighted by atomic mass is 9.95. The molecule has 0 aromatic heterocycles. The fourth-order valence-corrected chi connectivity index (χ4v) is 3.19. The van der Waals surface area contributed by atoms with E-state index in [1.165, 1.54) is 6.07 Å². The number of guanidine groups is 1. The Morgan fingerprint density at radius 3 is 3.00 bits per heavy atom. The molecular weight excluding hydrogens is 375 g/mol. The second-order valence-electron chi connectivity index (χ2n) is 6.04. The van der Waals surface area contributed by atoms with Gasteiger partial charge in [0.2, 0.25) is 5.91 Å². The third-order valence-corrected chi connectivity index (χ3v) is 4.68. The predicted molar refractivity (Wildman–Crippen MR) is 97.0 cm³/mol. The molecule has 1 aliphatic rings. The van der Waals surface area contributed by atoms with Crippen LogP contribution in [0.4, 0.5) is 4.39 Å². The number of carbonyl (C=O) groups is 1. The minimum absolute atomic E-state index is 0.255. The second-order valence-corrected chi connectivity index (χ2v) is 6.90. The molecule has 1 aliphatic heterocycles. The Balaban J connectivity index is 2.06. The quantitative estimate of drug-likeness (QED) is 0.591. The van der Waals surface area contributed by atoms with Crippen LogP contribution in [0.5, 0.6) is 0 Å². The third-order valence-electron chi connectivity index (χ3n) is 4.04. The Hall–Kier alpha value is -1.63. The van der Waals surface area contributed by atoms with Crippen molar-refractivity contribution in [3.63, 3.8) is 0 Å². The number of nitrogens with zero attached hydrogens (tertiary/aromatic N) is 2. The van der Waals surface area contributed by atoms with Crippen molar-refractivity contribution >= 4 is 27.8 Å². The molecule has 1 fully saturated rings. The summed E-state index contributed by atoms with van der Waals surface area (Å²) < 4.78 is 14.1. The van der Waals surface area contributed by atoms with Crippen molar-refractivity contribution < 1.29 is 9.18 Å². The first-order valence-corrected chi connectivity index (χ1v) is 9.04. The molecule has 0 radical (unpaired) electrons. The molecule has 1 amide bonds. The molecular formula is C17H24BrFN4O. The van der Waals surface area contributed by atoms with E-state index in [9.17, 15) is 9.18 Å². The zero-order valence-corrected chi connectivity index (χ0v) is 15.5. The summed E-state index contributed by atoms with van der Waals surface area (Å²) in [6.07, 6.45) is 2.43. The average molecular weight is 399 g/mol. The third kappa shape index (κ3) is 5.47. The minimum Gasteiger partial charge on any atom is -0.370 e. The van der Waals surface area contributed by atoms with Crippen LogP contribution in [-0.2, 0) is 11.3 Å². The molecule has 132 valence electrons. The lowest BCUT2D eigenvalue weighted by Crippen LogP contribution is -2.47. The number of halogens is 2. The number of primary amides is 1. The maximum Gasteiger partial charge on any atom is 0.217 e. The summed E-state index contributed by atoms with van der Waals surface area (Å²) >= 11 is 3.15. The van der Waals surface area contributed by atoms with Crippen molar-refractivity contribution in [1.29, 1.82) is 0 Å². The number of piperidine rings is 1. The van der Waals surface area contributed by atoms with E-state index in [1.807, 2.05) is 13.0 Å². The van der Waals surface area contributed by atoms with E-state index in [4.69, 9.17) is 5.73 Å². The smallest absolute Gasteiger partial charge is 0.217 e. The Morgan fingerprint density at radius 1 is 1.54 bits per heavy atom. The summed E-state index contributed by atoms with van der Waals surface area (Å²) in [5.74, 6) is 0.529. The highest BCUT2D eigenvalue weighted by atomic mass is 79.9. The maximum absolute atomic E-state index is 13.6. The van der Waals surface area contributed by atoms with E-state index in [0.717, 1.165) is 44.0 Å². The Morgan fingerprint density at radius 2 is 2.33 bits per heavy atom. The first kappa shape index (κ1) is 18.7. The minimum atomic E-state index is -0.285. The highest BCUT2D eigenvalue weighted by molar-refractivity contribution is 9.10. The Bertz CT molecular complexity index is 608. The van der Waals surface area contributed by atoms with Gasteiger partial charge in [-0.3, -0.25) is 4.79 Å². The van der Waals surface area contributed by atoms with Crippen LogP contribution < -0.4 is 11.1 Å². The molecule has 0 saturated carbocycles. The van der Waals surface area contributed by atoms with Crippen molar-refractivity contribution in [2.75, 3.05) is 19.6 Å². The number of likely N-dealkylation sites (tertiary alicyclic amines) is 1. The lowest BCUT2D eigenvalue weighted by Gasteiger charge is -2.34. The number of hydrogen-bond acceptors (Lipinski definition) is 2. The zero-order chi connectivity index (χ0) is 17.5. The Kier molecular flexibility index (Phi) is 7.02. The van der Waals surface area contributed by atoms with Gasteiger partial charge in [-0.15, -0.1) is 0 Å². The molecule has 0 spiro atoms. The molecule has 2 rings (SSSR count). The molecule has 1 atom stereocenters. The van der Waals surface area contributed by atoms with Crippen LogP contribution in [0.15, 0.2) is 27.7 Å². The number of hydrogen-bond donors (Lipinski definition) is 2. The fourth-order valence-electron chi connectivity index (χ4n) is 2.94. The monoisotopic (exact) mass is 398 g/mol. The van der Waals surface area contributed by atoms with Crippen molar-refractivity contribution in [3.05, 3.63) is 34.1 Å². The van der Waals surface area contributed by atoms with Gasteiger partial charge in [-0.1, -0.05) is 6.07 Å². The SMILES string of the molecule is CCNC(=NCc1ccc(Br)c(F)c1)N1CCCC(CC(N)=O)C1. The first-order chi connectivity index (χ1) is 11.5. The van der Waals surface area contributed by atoms with Crippen LogP contribution in [0.2, 0.25) is 0 Å². The van der Waals surface area contributed by atoms with Crippen LogP contribution in [0.1, 0.15) is 31.7 Å². The number of benzene rings is 1. The zero-order valence-electron chi connectivity index (χ0n) is 13.9. The molecule has 24 heavy (non-hydrogen) atoms. The first-order valence-electron chi connectivity index (χ1n) is 8.25. The van der Waals surface area contributed by atoms with E-state index in [1.54, 1.807) is 6.07 Å². The Labute approximate surface area is 150 Å². The molecule has 1 aromatic rings. The lowest BCUT2D eigenvalue weighted by molar-refractivity contribution is -0.119. The molecule has 1 saturated heterocycles. The van der Waals surface area contributed by atoms with Crippen LogP contribution in [0.25, 0.3) is 0 Å². The normalized spacial score (nSPS) is 18.5. The summed E-state index contributed by atoms with van der Waals surface area (Å²) in [5, 5.41) is 3.28. The number of rotatable bonds is 5. The summed E-state index contributed by atoms with van der Waals surface area (Å²) in [6, 6.07) is 5.03. The molecule has 3 N–H and O–H groups in total. The number of amides is 1. The summed E-state index contributed by atoms with van der Waals surface area (Å²) in [5.41, 5.74) is 6.14. The van der Waals surface area contributed by atoms with Gasteiger partial charge in [-0.25, -0.2) is 9.38 Å². The van der Waals surface area contributed by atoms with Crippen molar-refractivity contribution in [1.82, 2.24) is 10.2 Å². The molecule has 1 unspecified atom stereocenters. The highest BCUT2D eigenvalue weighted by Crippen LogP contribution is 2.20. The highest BCUT2D eigenvalue weighted by Gasteiger charge is 2.23. The van der Waals surface area contributed by atoms with Gasteiger partial charge in [-0.05, 0) is 59.3 Å². The molecule has 7 heteroatoms. The van der Waals surface area contributed by atoms with Gasteiger partial charge in [0, 0.05) is 26.1 Å². The number of nitrogens with two attached hydrogens (primary N) is 1. The van der Waals surface area contributed by atoms with Gasteiger partial charge in [0.05, 0.1) is 11.0 Å². The van der Waals surface area contributed by atoms with Crippen molar-refractivity contribution in [3.8, 4) is 0 Å². The van der Waals surface area contributed by atoms with Crippen LogP contribution >= 0.6 is 15.9 Å². The molecule has 0 bridgehead atoms. The van der Waals surface area contributed by atoms with Crippen LogP contribution in [0, 0.1) is 11.7 Å². The van der Waals surface area contributed by atoms with Crippen LogP contribution in [-0.4, -0.2) is 36.4 Å². The number of carbonyl (C=O) groups excluding carboxylic acids is 1. The average Bonchev–Trinajstić information content (AvgIpc) is 2.54. The van der Waals surface area contributed by atoms with Crippen LogP contribution in [0.3, 0.4) is 0 Å². The second kappa shape index (κ2) is 9.01. The maximum atomic E-state index is 13.6. The molecule has 1 aromatic carbocycles. The fraction of sp³-hybridized carbons (Fsp3) is 0.529. The predicted octanol–water partition coefficient (Wildman–Crippen LogP) is 2.64. The summed E-state index contributed by atoms with van der Waals surface area (Å²) in [4.78, 5) is 17.9. The van der Waals surface area contributed by atoms with Gasteiger partial charge in [0.25, 0.3) is 0 Å². The van der Waals surface area contributed by atoms with Crippen molar-refractivity contribution in [2.24, 2.45) is 16.6 Å². The van der Waals surface area contributed by atoms with E-state index in [-0.39, 0.29) is 17.6 Å². The topological polar surface area (TPSA) is 70.7 Å². The van der Waals surface area contributed by atoms with E-state index < -0.39 is 0 Å². The van der Waals surface area contributed by atoms with Gasteiger partial charge in [0.15, 0.2) is 5.96 Å². The largest absolute Gasteiger partial charge is 0.370 e. The summed E-state index contributed by atoms with van der Waals surface area (Å²) in [7, 11) is 0. The van der Waals surface area contributed by atoms with E-state index in [0.29, 0.717) is 17.4 Å². The van der Waals surface area contributed by atoms with Gasteiger partial charge in [-0.2, -0.15) is 0 Å². The van der Waals surface area contributed by atoms with E-state index in [2.05, 4.69) is 31.1 Å². The van der Waals surface area contributed by atoms with Crippen molar-refractivity contribution in [2.45, 2.75) is 32.7 Å². The molecule has 0 aliphatic carbocycles. The number of aliphatic imine (C=N–C) groups is 1. The molecule has 5 nitrogen and oxygen atoms in total. The van der Waals surface area contributed by atoms with E-state index >= 15 is 0 Å². The van der Waals surface area contributed by atoms with Gasteiger partial charge in [0.1, 0.15) is 5.82 Å². The summed E-state index contributed by atoms with van der Waals surface area (Å²) in [6.45, 7) is 4.84. The molecule has 1 heterocycles. The van der Waals surface area contributed by atoms with Gasteiger partial charge >= 0.3 is 0 Å². The van der Waals surface area contributed by atoms with Gasteiger partial charge < -0.3 is 16.0 Å². The standard InChI is InChI=1S/C17H24BrFN4O/c1-2-21-17(22-10-12-5-6-14(18)15(19)8-12)23-7-3-4-13(11-23)9-16(20)24/h5-6,8,13H,2-4,7,9-11H2,1H3,(H2,20,24)(H,21,22). The number of nitrogens with one attached hydrogen (secondary N) is 1.